The molecule has 0 spiro atoms. The van der Waals surface area contributed by atoms with E-state index in [1.54, 1.807) is 39.5 Å². The normalized spacial score (nSPS) is 10.8. The van der Waals surface area contributed by atoms with E-state index in [9.17, 15) is 4.79 Å². The second-order valence-electron chi connectivity index (χ2n) is 8.83. The average molecular weight is 518 g/mol. The second kappa shape index (κ2) is 13.4. The molecule has 0 aliphatic rings. The highest BCUT2D eigenvalue weighted by atomic mass is 16.5. The minimum atomic E-state index is -0.121. The van der Waals surface area contributed by atoms with Crippen molar-refractivity contribution in [2.75, 3.05) is 34.5 Å². The third kappa shape index (κ3) is 6.76. The van der Waals surface area contributed by atoms with Crippen molar-refractivity contribution in [1.82, 2.24) is 14.9 Å². The van der Waals surface area contributed by atoms with E-state index in [0.717, 1.165) is 54.0 Å². The molecule has 0 saturated carbocycles. The summed E-state index contributed by atoms with van der Waals surface area (Å²) in [6.45, 7) is 1.84. The minimum absolute atomic E-state index is 0.121. The number of rotatable bonds is 14. The number of imidazole rings is 1. The van der Waals surface area contributed by atoms with Gasteiger partial charge in [0.15, 0.2) is 11.5 Å². The molecule has 4 rings (SSSR count). The number of fused-ring (bicyclic) bond motifs is 1. The Morgan fingerprint density at radius 1 is 0.842 bits per heavy atom. The van der Waals surface area contributed by atoms with Gasteiger partial charge in [-0.15, -0.1) is 0 Å². The SMILES string of the molecule is COc1cccc(OCCn2c(CCCCCNC(=O)c3ccc(OC)c(OC)c3)nc3ccccc32)c1. The topological polar surface area (TPSA) is 83.8 Å². The Bertz CT molecular complexity index is 1350. The number of amides is 1. The van der Waals surface area contributed by atoms with E-state index in [0.29, 0.717) is 36.8 Å². The van der Waals surface area contributed by atoms with Gasteiger partial charge in [0.25, 0.3) is 5.91 Å². The summed E-state index contributed by atoms with van der Waals surface area (Å²) in [5.41, 5.74) is 2.65. The number of carbonyl (C=O) groups excluding carboxylic acids is 1. The Morgan fingerprint density at radius 2 is 1.66 bits per heavy atom. The number of hydrogen-bond acceptors (Lipinski definition) is 6. The van der Waals surface area contributed by atoms with E-state index >= 15 is 0 Å². The molecule has 38 heavy (non-hydrogen) atoms. The summed E-state index contributed by atoms with van der Waals surface area (Å²) in [5, 5.41) is 2.99. The summed E-state index contributed by atoms with van der Waals surface area (Å²) >= 11 is 0. The number of ether oxygens (including phenoxy) is 4. The van der Waals surface area contributed by atoms with Gasteiger partial charge in [0.2, 0.25) is 0 Å². The van der Waals surface area contributed by atoms with Crippen LogP contribution in [0.5, 0.6) is 23.0 Å². The maximum absolute atomic E-state index is 12.5. The van der Waals surface area contributed by atoms with Crippen LogP contribution in [0.1, 0.15) is 35.4 Å². The van der Waals surface area contributed by atoms with Crippen molar-refractivity contribution < 1.29 is 23.7 Å². The van der Waals surface area contributed by atoms with E-state index in [-0.39, 0.29) is 5.91 Å². The van der Waals surface area contributed by atoms with Gasteiger partial charge in [-0.25, -0.2) is 4.98 Å². The molecule has 200 valence electrons. The Kier molecular flexibility index (Phi) is 9.45. The van der Waals surface area contributed by atoms with Crippen molar-refractivity contribution in [3.05, 3.63) is 78.1 Å². The highest BCUT2D eigenvalue weighted by Gasteiger charge is 2.12. The molecule has 0 unspecified atom stereocenters. The van der Waals surface area contributed by atoms with Gasteiger partial charge in [0, 0.05) is 24.6 Å². The van der Waals surface area contributed by atoms with E-state index in [4.69, 9.17) is 23.9 Å². The Morgan fingerprint density at radius 3 is 2.47 bits per heavy atom. The maximum atomic E-state index is 12.5. The fourth-order valence-electron chi connectivity index (χ4n) is 4.38. The van der Waals surface area contributed by atoms with E-state index in [2.05, 4.69) is 16.0 Å². The first kappa shape index (κ1) is 26.9. The Hall–Kier alpha value is -4.20. The van der Waals surface area contributed by atoms with Crippen LogP contribution < -0.4 is 24.3 Å². The number of unbranched alkanes of at least 4 members (excludes halogenated alkanes) is 2. The van der Waals surface area contributed by atoms with Gasteiger partial charge < -0.3 is 28.8 Å². The van der Waals surface area contributed by atoms with Crippen LogP contribution in [0.2, 0.25) is 0 Å². The molecule has 0 bridgehead atoms. The number of methoxy groups -OCH3 is 3. The number of nitrogens with one attached hydrogen (secondary N) is 1. The third-order valence-electron chi connectivity index (χ3n) is 6.37. The van der Waals surface area contributed by atoms with Crippen LogP contribution in [0.25, 0.3) is 11.0 Å². The van der Waals surface area contributed by atoms with Crippen molar-refractivity contribution in [2.45, 2.75) is 32.2 Å². The van der Waals surface area contributed by atoms with Crippen LogP contribution in [-0.4, -0.2) is 49.9 Å². The molecule has 4 aromatic rings. The third-order valence-corrected chi connectivity index (χ3v) is 6.37. The molecule has 0 aliphatic carbocycles. The molecule has 0 saturated heterocycles. The summed E-state index contributed by atoms with van der Waals surface area (Å²) in [6, 6.07) is 21.0. The lowest BCUT2D eigenvalue weighted by Gasteiger charge is -2.12. The predicted octanol–water partition coefficient (Wildman–Crippen LogP) is 5.28. The molecule has 1 N–H and O–H groups in total. The van der Waals surface area contributed by atoms with Crippen LogP contribution in [0, 0.1) is 0 Å². The minimum Gasteiger partial charge on any atom is -0.497 e. The number of benzene rings is 3. The average Bonchev–Trinajstić information content (AvgIpc) is 3.31. The zero-order chi connectivity index (χ0) is 26.7. The van der Waals surface area contributed by atoms with Gasteiger partial charge in [0.05, 0.1) is 38.9 Å². The highest BCUT2D eigenvalue weighted by Crippen LogP contribution is 2.27. The molecular weight excluding hydrogens is 482 g/mol. The summed E-state index contributed by atoms with van der Waals surface area (Å²) in [4.78, 5) is 17.4. The van der Waals surface area contributed by atoms with E-state index in [1.165, 1.54) is 0 Å². The largest absolute Gasteiger partial charge is 0.497 e. The van der Waals surface area contributed by atoms with Gasteiger partial charge in [-0.2, -0.15) is 0 Å². The quantitative estimate of drug-likeness (QED) is 0.229. The Labute approximate surface area is 223 Å². The molecule has 0 atom stereocenters. The van der Waals surface area contributed by atoms with Crippen molar-refractivity contribution in [2.24, 2.45) is 0 Å². The molecular formula is C30H35N3O5. The van der Waals surface area contributed by atoms with Crippen molar-refractivity contribution in [3.8, 4) is 23.0 Å². The van der Waals surface area contributed by atoms with Gasteiger partial charge in [-0.3, -0.25) is 4.79 Å². The van der Waals surface area contributed by atoms with Crippen molar-refractivity contribution in [3.63, 3.8) is 0 Å². The number of nitrogens with zero attached hydrogens (tertiary/aromatic N) is 2. The van der Waals surface area contributed by atoms with Crippen LogP contribution in [0.4, 0.5) is 0 Å². The zero-order valence-corrected chi connectivity index (χ0v) is 22.2. The van der Waals surface area contributed by atoms with Gasteiger partial charge in [0.1, 0.15) is 23.9 Å². The summed E-state index contributed by atoms with van der Waals surface area (Å²) in [7, 11) is 4.78. The number of aryl methyl sites for hydroxylation is 1. The molecule has 0 aliphatic heterocycles. The van der Waals surface area contributed by atoms with E-state index < -0.39 is 0 Å². The fraction of sp³-hybridized carbons (Fsp3) is 0.333. The summed E-state index contributed by atoms with van der Waals surface area (Å²) < 4.78 is 24.0. The molecule has 1 heterocycles. The monoisotopic (exact) mass is 517 g/mol. The summed E-state index contributed by atoms with van der Waals surface area (Å²) in [5.74, 6) is 3.62. The first-order valence-corrected chi connectivity index (χ1v) is 12.8. The molecule has 0 radical (unpaired) electrons. The number of aromatic nitrogens is 2. The van der Waals surface area contributed by atoms with Crippen molar-refractivity contribution >= 4 is 16.9 Å². The number of hydrogen-bond donors (Lipinski definition) is 1. The molecule has 1 aromatic heterocycles. The lowest BCUT2D eigenvalue weighted by atomic mass is 10.1. The zero-order valence-electron chi connectivity index (χ0n) is 22.2. The smallest absolute Gasteiger partial charge is 0.251 e. The molecule has 8 nitrogen and oxygen atoms in total. The predicted molar refractivity (Wildman–Crippen MR) is 148 cm³/mol. The maximum Gasteiger partial charge on any atom is 0.251 e. The van der Waals surface area contributed by atoms with Crippen molar-refractivity contribution in [1.29, 1.82) is 0 Å². The van der Waals surface area contributed by atoms with Gasteiger partial charge in [-0.1, -0.05) is 24.6 Å². The van der Waals surface area contributed by atoms with Crippen LogP contribution in [0.15, 0.2) is 66.7 Å². The standard InChI is InChI=1S/C30H35N3O5/c1-35-23-10-9-11-24(21-23)38-19-18-33-26-13-7-6-12-25(26)32-29(33)14-5-4-8-17-31-30(34)22-15-16-27(36-2)28(20-22)37-3/h6-7,9-13,15-16,20-21H,4-5,8,14,17-19H2,1-3H3,(H,31,34). The van der Waals surface area contributed by atoms with Gasteiger partial charge in [-0.05, 0) is 55.3 Å². The number of para-hydroxylation sites is 2. The Balaban J connectivity index is 1.26. The molecule has 3 aromatic carbocycles. The lowest BCUT2D eigenvalue weighted by Crippen LogP contribution is -2.24. The molecule has 0 fully saturated rings. The summed E-state index contributed by atoms with van der Waals surface area (Å²) in [6.07, 6.45) is 3.71. The fourth-order valence-corrected chi connectivity index (χ4v) is 4.38. The number of carbonyl (C=O) groups is 1. The second-order valence-corrected chi connectivity index (χ2v) is 8.83. The van der Waals surface area contributed by atoms with E-state index in [1.807, 2.05) is 42.5 Å². The molecule has 8 heteroatoms. The lowest BCUT2D eigenvalue weighted by molar-refractivity contribution is 0.0952. The molecule has 1 amide bonds. The van der Waals surface area contributed by atoms with Gasteiger partial charge >= 0.3 is 0 Å². The highest BCUT2D eigenvalue weighted by molar-refractivity contribution is 5.94. The van der Waals surface area contributed by atoms with Crippen LogP contribution in [-0.2, 0) is 13.0 Å². The first-order valence-electron chi connectivity index (χ1n) is 12.8. The first-order chi connectivity index (χ1) is 18.6. The van der Waals surface area contributed by atoms with Crippen LogP contribution in [0.3, 0.4) is 0 Å². The van der Waals surface area contributed by atoms with Crippen LogP contribution >= 0.6 is 0 Å².